The Balaban J connectivity index is 2.15. The highest BCUT2D eigenvalue weighted by molar-refractivity contribution is 14.1. The molecular formula is C16H17IN2O2. The van der Waals surface area contributed by atoms with Crippen LogP contribution in [0, 0.1) is 3.57 Å². The second kappa shape index (κ2) is 7.87. The number of methoxy groups -OCH3 is 1. The summed E-state index contributed by atoms with van der Waals surface area (Å²) in [5.74, 6) is 1.48. The first-order chi connectivity index (χ1) is 10.2. The lowest BCUT2D eigenvalue weighted by Crippen LogP contribution is -1.99. The van der Waals surface area contributed by atoms with Gasteiger partial charge in [0.1, 0.15) is 0 Å². The molecule has 0 atom stereocenters. The van der Waals surface area contributed by atoms with Gasteiger partial charge in [0.25, 0.3) is 0 Å². The van der Waals surface area contributed by atoms with Gasteiger partial charge in [0.05, 0.1) is 29.2 Å². The zero-order valence-electron chi connectivity index (χ0n) is 12.0. The van der Waals surface area contributed by atoms with Crippen molar-refractivity contribution in [1.29, 1.82) is 0 Å². The number of para-hydroxylation sites is 1. The Morgan fingerprint density at radius 3 is 2.67 bits per heavy atom. The third kappa shape index (κ3) is 4.35. The van der Waals surface area contributed by atoms with Crippen molar-refractivity contribution in [1.82, 2.24) is 0 Å². The first-order valence-electron chi connectivity index (χ1n) is 6.59. The Bertz CT molecular complexity index is 615. The quantitative estimate of drug-likeness (QED) is 0.453. The number of benzene rings is 2. The van der Waals surface area contributed by atoms with Gasteiger partial charge in [0.15, 0.2) is 11.5 Å². The van der Waals surface area contributed by atoms with Crippen LogP contribution in [0.1, 0.15) is 12.5 Å². The second-order valence-corrected chi connectivity index (χ2v) is 5.37. The zero-order chi connectivity index (χ0) is 15.1. The van der Waals surface area contributed by atoms with Crippen molar-refractivity contribution in [3.05, 3.63) is 51.6 Å². The first-order valence-corrected chi connectivity index (χ1v) is 7.67. The van der Waals surface area contributed by atoms with Crippen LogP contribution in [-0.4, -0.2) is 19.9 Å². The van der Waals surface area contributed by atoms with E-state index in [1.165, 1.54) is 0 Å². The molecule has 4 nitrogen and oxygen atoms in total. The number of nitrogens with one attached hydrogen (secondary N) is 1. The monoisotopic (exact) mass is 396 g/mol. The molecule has 0 unspecified atom stereocenters. The Morgan fingerprint density at radius 1 is 1.24 bits per heavy atom. The van der Waals surface area contributed by atoms with E-state index in [1.807, 2.05) is 49.4 Å². The average molecular weight is 396 g/mol. The standard InChI is InChI=1S/C16H17IN2O2/c1-3-21-16-14(17)9-12(10-15(16)20-2)11-18-19-13-7-5-4-6-8-13/h4-11,19H,3H2,1-2H3/b18-11+. The van der Waals surface area contributed by atoms with Crippen molar-refractivity contribution in [2.75, 3.05) is 19.1 Å². The summed E-state index contributed by atoms with van der Waals surface area (Å²) in [5.41, 5.74) is 4.88. The van der Waals surface area contributed by atoms with E-state index in [4.69, 9.17) is 9.47 Å². The number of hydrogen-bond donors (Lipinski definition) is 1. The number of rotatable bonds is 6. The normalized spacial score (nSPS) is 10.6. The molecule has 0 aromatic heterocycles. The van der Waals surface area contributed by atoms with Crippen LogP contribution in [0.2, 0.25) is 0 Å². The van der Waals surface area contributed by atoms with Crippen LogP contribution in [0.4, 0.5) is 5.69 Å². The Morgan fingerprint density at radius 2 is 2.00 bits per heavy atom. The van der Waals surface area contributed by atoms with Crippen LogP contribution >= 0.6 is 22.6 Å². The van der Waals surface area contributed by atoms with Crippen LogP contribution in [0.15, 0.2) is 47.6 Å². The van der Waals surface area contributed by atoms with Gasteiger partial charge in [-0.15, -0.1) is 0 Å². The van der Waals surface area contributed by atoms with Crippen molar-refractivity contribution < 1.29 is 9.47 Å². The van der Waals surface area contributed by atoms with E-state index in [-0.39, 0.29) is 0 Å². The van der Waals surface area contributed by atoms with Gasteiger partial charge >= 0.3 is 0 Å². The molecule has 0 aliphatic rings. The lowest BCUT2D eigenvalue weighted by molar-refractivity contribution is 0.308. The Kier molecular flexibility index (Phi) is 5.86. The fraction of sp³-hybridized carbons (Fsp3) is 0.188. The van der Waals surface area contributed by atoms with Crippen LogP contribution in [0.3, 0.4) is 0 Å². The second-order valence-electron chi connectivity index (χ2n) is 4.20. The number of halogens is 1. The molecule has 1 N–H and O–H groups in total. The van der Waals surface area contributed by atoms with Crippen LogP contribution in [0.5, 0.6) is 11.5 Å². The molecule has 0 radical (unpaired) electrons. The van der Waals surface area contributed by atoms with Crippen molar-refractivity contribution in [3.63, 3.8) is 0 Å². The molecule has 110 valence electrons. The molecule has 2 aromatic carbocycles. The molecule has 5 heteroatoms. The highest BCUT2D eigenvalue weighted by Gasteiger charge is 2.10. The van der Waals surface area contributed by atoms with E-state index in [9.17, 15) is 0 Å². The molecule has 0 heterocycles. The minimum Gasteiger partial charge on any atom is -0.493 e. The third-order valence-corrected chi connectivity index (χ3v) is 3.52. The number of anilines is 1. The van der Waals surface area contributed by atoms with Gasteiger partial charge in [-0.3, -0.25) is 5.43 Å². The Labute approximate surface area is 138 Å². The van der Waals surface area contributed by atoms with E-state index in [0.717, 1.165) is 20.6 Å². The molecule has 0 fully saturated rings. The molecule has 0 amide bonds. The minimum absolute atomic E-state index is 0.607. The molecule has 2 aromatic rings. The van der Waals surface area contributed by atoms with Gasteiger partial charge < -0.3 is 9.47 Å². The molecule has 0 aliphatic heterocycles. The van der Waals surface area contributed by atoms with Crippen molar-refractivity contribution in [2.45, 2.75) is 6.92 Å². The van der Waals surface area contributed by atoms with E-state index in [1.54, 1.807) is 13.3 Å². The maximum absolute atomic E-state index is 5.59. The van der Waals surface area contributed by atoms with Gasteiger partial charge in [0.2, 0.25) is 0 Å². The molecular weight excluding hydrogens is 379 g/mol. The van der Waals surface area contributed by atoms with E-state index >= 15 is 0 Å². The van der Waals surface area contributed by atoms with Crippen molar-refractivity contribution in [3.8, 4) is 11.5 Å². The summed E-state index contributed by atoms with van der Waals surface area (Å²) in [5, 5.41) is 4.23. The largest absolute Gasteiger partial charge is 0.493 e. The fourth-order valence-electron chi connectivity index (χ4n) is 1.79. The van der Waals surface area contributed by atoms with Gasteiger partial charge in [0, 0.05) is 0 Å². The summed E-state index contributed by atoms with van der Waals surface area (Å²) in [6.07, 6.45) is 1.76. The fourth-order valence-corrected chi connectivity index (χ4v) is 2.57. The third-order valence-electron chi connectivity index (χ3n) is 2.72. The smallest absolute Gasteiger partial charge is 0.174 e. The summed E-state index contributed by atoms with van der Waals surface area (Å²) >= 11 is 2.23. The molecule has 2 rings (SSSR count). The molecule has 0 bridgehead atoms. The van der Waals surface area contributed by atoms with Crippen LogP contribution in [0.25, 0.3) is 0 Å². The summed E-state index contributed by atoms with van der Waals surface area (Å²) in [6, 6.07) is 13.7. The number of hydrazone groups is 1. The van der Waals surface area contributed by atoms with Gasteiger partial charge in [-0.2, -0.15) is 5.10 Å². The van der Waals surface area contributed by atoms with E-state index in [2.05, 4.69) is 33.1 Å². The number of nitrogens with zero attached hydrogens (tertiary/aromatic N) is 1. The van der Waals surface area contributed by atoms with E-state index < -0.39 is 0 Å². The van der Waals surface area contributed by atoms with Crippen LogP contribution in [-0.2, 0) is 0 Å². The summed E-state index contributed by atoms with van der Waals surface area (Å²) in [7, 11) is 1.64. The molecule has 21 heavy (non-hydrogen) atoms. The summed E-state index contributed by atoms with van der Waals surface area (Å²) in [4.78, 5) is 0. The van der Waals surface area contributed by atoms with E-state index in [0.29, 0.717) is 12.4 Å². The zero-order valence-corrected chi connectivity index (χ0v) is 14.1. The highest BCUT2D eigenvalue weighted by Crippen LogP contribution is 2.33. The number of hydrogen-bond acceptors (Lipinski definition) is 4. The average Bonchev–Trinajstić information content (AvgIpc) is 2.51. The lowest BCUT2D eigenvalue weighted by Gasteiger charge is -2.12. The van der Waals surface area contributed by atoms with Gasteiger partial charge in [-0.1, -0.05) is 18.2 Å². The molecule has 0 aliphatic carbocycles. The topological polar surface area (TPSA) is 42.8 Å². The highest BCUT2D eigenvalue weighted by atomic mass is 127. The molecule has 0 saturated heterocycles. The van der Waals surface area contributed by atoms with Gasteiger partial charge in [-0.05, 0) is 59.3 Å². The SMILES string of the molecule is CCOc1c(I)cc(/C=N/Nc2ccccc2)cc1OC. The van der Waals surface area contributed by atoms with Crippen molar-refractivity contribution in [2.24, 2.45) is 5.10 Å². The summed E-state index contributed by atoms with van der Waals surface area (Å²) < 4.78 is 12.0. The lowest BCUT2D eigenvalue weighted by atomic mass is 10.2. The molecule has 0 saturated carbocycles. The maximum atomic E-state index is 5.59. The Hall–Kier alpha value is -1.76. The molecule has 0 spiro atoms. The van der Waals surface area contributed by atoms with Crippen molar-refractivity contribution >= 4 is 34.5 Å². The predicted octanol–water partition coefficient (Wildman–Crippen LogP) is 4.14. The van der Waals surface area contributed by atoms with Crippen LogP contribution < -0.4 is 14.9 Å². The number of ether oxygens (including phenoxy) is 2. The van der Waals surface area contributed by atoms with Gasteiger partial charge in [-0.25, -0.2) is 0 Å². The minimum atomic E-state index is 0.607. The summed E-state index contributed by atoms with van der Waals surface area (Å²) in [6.45, 7) is 2.56. The maximum Gasteiger partial charge on any atom is 0.174 e. The predicted molar refractivity (Wildman–Crippen MR) is 94.5 cm³/mol. The first kappa shape index (κ1) is 15.6.